The molecular weight excluding hydrogens is 550 g/mol. The van der Waals surface area contributed by atoms with Gasteiger partial charge in [0.05, 0.1) is 6.04 Å². The lowest BCUT2D eigenvalue weighted by Crippen LogP contribution is -2.59. The highest BCUT2D eigenvalue weighted by atomic mass is 16.4. The molecule has 0 unspecified atom stereocenters. The monoisotopic (exact) mass is 593 g/mol. The molecule has 5 atom stereocenters. The standard InChI is InChI=1S/C28H43N5O9/c1-14(2)12-19(29)24(37)32-21(13-17-6-8-18(34)9-7-17)26(39)31-20(10-11-22(35)36)25(38)33-23(15(3)4)27(40)30-16(5)28(41)42/h6-9,14-16,19-21,23,34H,10-13,29H2,1-5H3,(H,30,40)(H,31,39)(H,32,37)(H,33,38)(H,35,36)(H,41,42)/t16-,19-,20-,21-,23-/m0/s1. The normalized spacial score (nSPS) is 14.7. The van der Waals surface area contributed by atoms with Crippen LogP contribution in [0.5, 0.6) is 5.75 Å². The predicted octanol–water partition coefficient (Wildman–Crippen LogP) is -0.127. The van der Waals surface area contributed by atoms with E-state index in [1.807, 2.05) is 13.8 Å². The average molecular weight is 594 g/mol. The highest BCUT2D eigenvalue weighted by molar-refractivity contribution is 5.95. The topological polar surface area (TPSA) is 237 Å². The molecule has 1 aromatic carbocycles. The van der Waals surface area contributed by atoms with Gasteiger partial charge in [0.15, 0.2) is 0 Å². The zero-order valence-corrected chi connectivity index (χ0v) is 24.5. The molecule has 0 bridgehead atoms. The first-order valence-electron chi connectivity index (χ1n) is 13.7. The Bertz CT molecular complexity index is 1110. The van der Waals surface area contributed by atoms with E-state index in [2.05, 4.69) is 21.3 Å². The van der Waals surface area contributed by atoms with E-state index in [1.54, 1.807) is 26.0 Å². The van der Waals surface area contributed by atoms with Gasteiger partial charge in [-0.3, -0.25) is 28.8 Å². The van der Waals surface area contributed by atoms with Crippen molar-refractivity contribution in [3.05, 3.63) is 29.8 Å². The molecule has 1 rings (SSSR count). The van der Waals surface area contributed by atoms with Gasteiger partial charge in [-0.1, -0.05) is 39.8 Å². The van der Waals surface area contributed by atoms with Crippen molar-refractivity contribution in [1.82, 2.24) is 21.3 Å². The summed E-state index contributed by atoms with van der Waals surface area (Å²) in [6.45, 7) is 8.25. The molecule has 14 nitrogen and oxygen atoms in total. The van der Waals surface area contributed by atoms with Crippen molar-refractivity contribution in [1.29, 1.82) is 0 Å². The molecule has 42 heavy (non-hydrogen) atoms. The molecule has 9 N–H and O–H groups in total. The van der Waals surface area contributed by atoms with Gasteiger partial charge in [-0.15, -0.1) is 0 Å². The van der Waals surface area contributed by atoms with Gasteiger partial charge in [-0.25, -0.2) is 0 Å². The van der Waals surface area contributed by atoms with Crippen molar-refractivity contribution in [3.63, 3.8) is 0 Å². The second-order valence-electron chi connectivity index (χ2n) is 11.0. The Labute approximate surface area is 244 Å². The summed E-state index contributed by atoms with van der Waals surface area (Å²) in [6.07, 6.45) is -0.523. The van der Waals surface area contributed by atoms with Crippen molar-refractivity contribution >= 4 is 35.6 Å². The SMILES string of the molecule is CC(C)C[C@H](N)C(=O)N[C@@H](Cc1ccc(O)cc1)C(=O)N[C@@H](CCC(=O)O)C(=O)N[C@H](C(=O)N[C@@H](C)C(=O)O)C(C)C. The van der Waals surface area contributed by atoms with Crippen LogP contribution >= 0.6 is 0 Å². The summed E-state index contributed by atoms with van der Waals surface area (Å²) < 4.78 is 0. The summed E-state index contributed by atoms with van der Waals surface area (Å²) in [4.78, 5) is 74.6. The molecule has 0 aliphatic rings. The van der Waals surface area contributed by atoms with Gasteiger partial charge in [0.25, 0.3) is 0 Å². The summed E-state index contributed by atoms with van der Waals surface area (Å²) in [5, 5.41) is 37.7. The Morgan fingerprint density at radius 3 is 1.81 bits per heavy atom. The number of amides is 4. The fraction of sp³-hybridized carbons (Fsp3) is 0.571. The number of carboxylic acid groups (broad SMARTS) is 2. The average Bonchev–Trinajstić information content (AvgIpc) is 2.89. The first-order valence-corrected chi connectivity index (χ1v) is 13.7. The van der Waals surface area contributed by atoms with Gasteiger partial charge in [-0.05, 0) is 49.3 Å². The van der Waals surface area contributed by atoms with Crippen molar-refractivity contribution in [2.24, 2.45) is 17.6 Å². The molecule has 0 aliphatic carbocycles. The molecule has 14 heteroatoms. The number of carboxylic acids is 2. The zero-order chi connectivity index (χ0) is 32.1. The zero-order valence-electron chi connectivity index (χ0n) is 24.5. The number of hydrogen-bond acceptors (Lipinski definition) is 8. The number of carbonyl (C=O) groups is 6. The quantitative estimate of drug-likeness (QED) is 0.119. The lowest BCUT2D eigenvalue weighted by Gasteiger charge is -2.27. The third-order valence-electron chi connectivity index (χ3n) is 6.33. The number of nitrogens with two attached hydrogens (primary N) is 1. The molecule has 0 heterocycles. The second kappa shape index (κ2) is 16.9. The summed E-state index contributed by atoms with van der Waals surface area (Å²) in [5.74, 6) is -5.95. The van der Waals surface area contributed by atoms with Crippen molar-refractivity contribution in [3.8, 4) is 5.75 Å². The third kappa shape index (κ3) is 12.5. The number of aromatic hydroxyl groups is 1. The Kier molecular flexibility index (Phi) is 14.4. The van der Waals surface area contributed by atoms with Crippen LogP contribution in [0.2, 0.25) is 0 Å². The Hall–Kier alpha value is -4.20. The van der Waals surface area contributed by atoms with E-state index < -0.39 is 78.1 Å². The Balaban J connectivity index is 3.23. The van der Waals surface area contributed by atoms with Gasteiger partial charge in [-0.2, -0.15) is 0 Å². The lowest BCUT2D eigenvalue weighted by molar-refractivity contribution is -0.142. The van der Waals surface area contributed by atoms with E-state index >= 15 is 0 Å². The molecular formula is C28H43N5O9. The summed E-state index contributed by atoms with van der Waals surface area (Å²) in [6, 6.07) is -0.0595. The van der Waals surface area contributed by atoms with E-state index in [1.165, 1.54) is 19.1 Å². The minimum atomic E-state index is -1.41. The van der Waals surface area contributed by atoms with Crippen molar-refractivity contribution < 1.29 is 44.1 Å². The number of hydrogen-bond donors (Lipinski definition) is 8. The summed E-state index contributed by atoms with van der Waals surface area (Å²) in [5.41, 5.74) is 6.56. The largest absolute Gasteiger partial charge is 0.508 e. The van der Waals surface area contributed by atoms with E-state index in [4.69, 9.17) is 10.8 Å². The van der Waals surface area contributed by atoms with Gasteiger partial charge >= 0.3 is 11.9 Å². The molecule has 4 amide bonds. The number of rotatable bonds is 17. The van der Waals surface area contributed by atoms with Gasteiger partial charge < -0.3 is 42.3 Å². The number of phenols is 1. The summed E-state index contributed by atoms with van der Waals surface area (Å²) >= 11 is 0. The van der Waals surface area contributed by atoms with E-state index in [0.717, 1.165) is 0 Å². The van der Waals surface area contributed by atoms with Crippen LogP contribution in [0.1, 0.15) is 59.4 Å². The van der Waals surface area contributed by atoms with Gasteiger partial charge in [0.1, 0.15) is 29.9 Å². The van der Waals surface area contributed by atoms with E-state index in [0.29, 0.717) is 12.0 Å². The number of phenolic OH excluding ortho intramolecular Hbond substituents is 1. The molecule has 0 radical (unpaired) electrons. The predicted molar refractivity (Wildman–Crippen MR) is 152 cm³/mol. The molecule has 0 spiro atoms. The smallest absolute Gasteiger partial charge is 0.325 e. The molecule has 0 saturated carbocycles. The van der Waals surface area contributed by atoms with Gasteiger partial charge in [0.2, 0.25) is 23.6 Å². The van der Waals surface area contributed by atoms with Crippen molar-refractivity contribution in [2.45, 2.75) is 90.5 Å². The number of aliphatic carboxylic acids is 2. The van der Waals surface area contributed by atoms with Crippen LogP contribution in [-0.4, -0.2) is 81.1 Å². The Morgan fingerprint density at radius 1 is 0.762 bits per heavy atom. The maximum atomic E-state index is 13.4. The van der Waals surface area contributed by atoms with E-state index in [-0.39, 0.29) is 24.5 Å². The molecule has 0 fully saturated rings. The molecule has 1 aromatic rings. The number of nitrogens with one attached hydrogen (secondary N) is 4. The van der Waals surface area contributed by atoms with Crippen LogP contribution in [0, 0.1) is 11.8 Å². The van der Waals surface area contributed by atoms with Gasteiger partial charge in [0, 0.05) is 12.8 Å². The van der Waals surface area contributed by atoms with E-state index in [9.17, 15) is 39.0 Å². The minimum absolute atomic E-state index is 0.00496. The number of carbonyl (C=O) groups excluding carboxylic acids is 4. The fourth-order valence-corrected chi connectivity index (χ4v) is 3.93. The molecule has 0 saturated heterocycles. The highest BCUT2D eigenvalue weighted by Gasteiger charge is 2.32. The lowest BCUT2D eigenvalue weighted by atomic mass is 10.0. The van der Waals surface area contributed by atoms with Crippen LogP contribution in [0.3, 0.4) is 0 Å². The van der Waals surface area contributed by atoms with Crippen LogP contribution < -0.4 is 27.0 Å². The second-order valence-corrected chi connectivity index (χ2v) is 11.0. The summed E-state index contributed by atoms with van der Waals surface area (Å²) in [7, 11) is 0. The molecule has 0 aromatic heterocycles. The Morgan fingerprint density at radius 2 is 1.31 bits per heavy atom. The van der Waals surface area contributed by atoms with Crippen LogP contribution in [-0.2, 0) is 35.2 Å². The first-order chi connectivity index (χ1) is 19.5. The maximum Gasteiger partial charge on any atom is 0.325 e. The van der Waals surface area contributed by atoms with Crippen LogP contribution in [0.25, 0.3) is 0 Å². The number of benzene rings is 1. The van der Waals surface area contributed by atoms with Crippen molar-refractivity contribution in [2.75, 3.05) is 0 Å². The highest BCUT2D eigenvalue weighted by Crippen LogP contribution is 2.13. The maximum absolute atomic E-state index is 13.4. The minimum Gasteiger partial charge on any atom is -0.508 e. The molecule has 0 aliphatic heterocycles. The molecule has 234 valence electrons. The van der Waals surface area contributed by atoms with Crippen LogP contribution in [0.4, 0.5) is 0 Å². The third-order valence-corrected chi connectivity index (χ3v) is 6.33. The first kappa shape index (κ1) is 35.8. The fourth-order valence-electron chi connectivity index (χ4n) is 3.93. The van der Waals surface area contributed by atoms with Crippen LogP contribution in [0.15, 0.2) is 24.3 Å².